The van der Waals surface area contributed by atoms with Gasteiger partial charge < -0.3 is 13.7 Å². The van der Waals surface area contributed by atoms with Crippen LogP contribution in [0.2, 0.25) is 0 Å². The zero-order chi connectivity index (χ0) is 26.3. The first-order chi connectivity index (χ1) is 19.2. The number of benzene rings is 2. The van der Waals surface area contributed by atoms with Crippen LogP contribution in [0.5, 0.6) is 0 Å². The second-order valence-electron chi connectivity index (χ2n) is 9.51. The number of anilines is 1. The molecule has 0 spiro atoms. The summed E-state index contributed by atoms with van der Waals surface area (Å²) in [5.74, 6) is -0.701. The van der Waals surface area contributed by atoms with Gasteiger partial charge in [-0.1, -0.05) is 36.4 Å². The average molecular weight is 513 g/mol. The molecular formula is C31H24N6O2. The first kappa shape index (κ1) is 22.9. The van der Waals surface area contributed by atoms with E-state index in [4.69, 9.17) is 0 Å². The summed E-state index contributed by atoms with van der Waals surface area (Å²) in [7, 11) is 0. The van der Waals surface area contributed by atoms with Crippen LogP contribution in [0.4, 0.5) is 5.69 Å². The number of hydrogen-bond acceptors (Lipinski definition) is 4. The Bertz CT molecular complexity index is 1880. The molecule has 0 atom stereocenters. The van der Waals surface area contributed by atoms with Gasteiger partial charge in [0, 0.05) is 60.5 Å². The summed E-state index contributed by atoms with van der Waals surface area (Å²) < 4.78 is 6.02. The van der Waals surface area contributed by atoms with Crippen molar-refractivity contribution in [1.29, 1.82) is 0 Å². The predicted octanol–water partition coefficient (Wildman–Crippen LogP) is 5.22. The number of hydrogen-bond donors (Lipinski definition) is 0. The predicted molar refractivity (Wildman–Crippen MR) is 151 cm³/mol. The van der Waals surface area contributed by atoms with Gasteiger partial charge in [-0.3, -0.25) is 14.6 Å². The maximum atomic E-state index is 14.2. The van der Waals surface area contributed by atoms with E-state index in [0.717, 1.165) is 47.0 Å². The monoisotopic (exact) mass is 512 g/mol. The molecule has 7 rings (SSSR count). The van der Waals surface area contributed by atoms with Crippen LogP contribution >= 0.6 is 0 Å². The Balaban J connectivity index is 1.40. The van der Waals surface area contributed by atoms with E-state index in [1.165, 1.54) is 4.90 Å². The lowest BCUT2D eigenvalue weighted by Crippen LogP contribution is -2.31. The Kier molecular flexibility index (Phi) is 5.44. The molecule has 8 heteroatoms. The standard InChI is InChI=1S/C31H24N6O2/c38-30-28(24-20-35(26-11-5-4-10-23(24)26)17-7-16-34-19-15-32-21-34)29(31(39)37(30)22-8-2-1-3-9-22)36-18-13-25-27(36)12-6-14-33-25/h1-6,8-15,18-21H,7,16-17H2. The SMILES string of the molecule is O=C1C(c2cn(CCCn3ccnc3)c3ccccc23)=C(n2ccc3ncccc32)C(=O)N1c1ccccc1. The largest absolute Gasteiger partial charge is 0.347 e. The fourth-order valence-corrected chi connectivity index (χ4v) is 5.43. The molecule has 0 unspecified atom stereocenters. The van der Waals surface area contributed by atoms with Gasteiger partial charge in [-0.2, -0.15) is 0 Å². The molecule has 0 saturated carbocycles. The van der Waals surface area contributed by atoms with Crippen molar-refractivity contribution >= 4 is 50.7 Å². The van der Waals surface area contributed by atoms with E-state index in [-0.39, 0.29) is 11.8 Å². The van der Waals surface area contributed by atoms with Gasteiger partial charge in [0.05, 0.1) is 28.6 Å². The maximum Gasteiger partial charge on any atom is 0.283 e. The minimum absolute atomic E-state index is 0.327. The van der Waals surface area contributed by atoms with E-state index < -0.39 is 0 Å². The average Bonchev–Trinajstić information content (AvgIpc) is 3.75. The molecule has 4 aromatic heterocycles. The number of amides is 2. The van der Waals surface area contributed by atoms with Crippen molar-refractivity contribution in [2.75, 3.05) is 4.90 Å². The number of pyridine rings is 1. The van der Waals surface area contributed by atoms with E-state index in [1.54, 1.807) is 29.1 Å². The molecule has 5 heterocycles. The molecule has 1 aliphatic rings. The summed E-state index contributed by atoms with van der Waals surface area (Å²) in [6, 6.07) is 22.7. The summed E-state index contributed by atoms with van der Waals surface area (Å²) in [5, 5.41) is 0.929. The fraction of sp³-hybridized carbons (Fsp3) is 0.0968. The van der Waals surface area contributed by atoms with Gasteiger partial charge in [0.1, 0.15) is 5.70 Å². The van der Waals surface area contributed by atoms with Crippen molar-refractivity contribution in [3.8, 4) is 0 Å². The highest BCUT2D eigenvalue weighted by Crippen LogP contribution is 2.40. The Morgan fingerprint density at radius 2 is 1.56 bits per heavy atom. The number of imide groups is 1. The molecule has 39 heavy (non-hydrogen) atoms. The third kappa shape index (κ3) is 3.76. The van der Waals surface area contributed by atoms with Crippen LogP contribution in [0.3, 0.4) is 0 Å². The van der Waals surface area contributed by atoms with E-state index in [9.17, 15) is 9.59 Å². The van der Waals surface area contributed by atoms with Crippen molar-refractivity contribution in [2.24, 2.45) is 0 Å². The topological polar surface area (TPSA) is 78.0 Å². The number of carbonyl (C=O) groups excluding carboxylic acids is 2. The van der Waals surface area contributed by atoms with Gasteiger partial charge in [-0.25, -0.2) is 9.88 Å². The van der Waals surface area contributed by atoms with Crippen molar-refractivity contribution in [1.82, 2.24) is 23.7 Å². The second-order valence-corrected chi connectivity index (χ2v) is 9.51. The Morgan fingerprint density at radius 3 is 2.41 bits per heavy atom. The maximum absolute atomic E-state index is 14.2. The molecule has 0 saturated heterocycles. The summed E-state index contributed by atoms with van der Waals surface area (Å²) in [5.41, 5.74) is 4.53. The van der Waals surface area contributed by atoms with Crippen molar-refractivity contribution in [2.45, 2.75) is 19.5 Å². The number of carbonyl (C=O) groups is 2. The van der Waals surface area contributed by atoms with Crippen LogP contribution < -0.4 is 4.90 Å². The third-order valence-electron chi connectivity index (χ3n) is 7.20. The molecule has 0 N–H and O–H groups in total. The molecule has 0 fully saturated rings. The van der Waals surface area contributed by atoms with Crippen LogP contribution in [0.1, 0.15) is 12.0 Å². The summed E-state index contributed by atoms with van der Waals surface area (Å²) in [4.78, 5) is 38.1. The minimum atomic E-state index is -0.362. The number of imidazole rings is 1. The number of aryl methyl sites for hydroxylation is 2. The van der Waals surface area contributed by atoms with Gasteiger partial charge in [0.15, 0.2) is 0 Å². The van der Waals surface area contributed by atoms with Crippen LogP contribution in [-0.2, 0) is 22.7 Å². The van der Waals surface area contributed by atoms with Gasteiger partial charge in [-0.15, -0.1) is 0 Å². The highest BCUT2D eigenvalue weighted by atomic mass is 16.2. The lowest BCUT2D eigenvalue weighted by atomic mass is 10.0. The smallest absolute Gasteiger partial charge is 0.283 e. The highest BCUT2D eigenvalue weighted by Gasteiger charge is 2.42. The molecule has 6 aromatic rings. The number of aromatic nitrogens is 5. The van der Waals surface area contributed by atoms with Gasteiger partial charge in [-0.05, 0) is 42.8 Å². The van der Waals surface area contributed by atoms with E-state index in [2.05, 4.69) is 25.2 Å². The van der Waals surface area contributed by atoms with Crippen LogP contribution in [0.25, 0.3) is 33.2 Å². The molecule has 8 nitrogen and oxygen atoms in total. The number of nitrogens with zero attached hydrogens (tertiary/aromatic N) is 6. The van der Waals surface area contributed by atoms with Crippen molar-refractivity contribution in [3.63, 3.8) is 0 Å². The molecule has 1 aliphatic heterocycles. The minimum Gasteiger partial charge on any atom is -0.347 e. The molecule has 0 bridgehead atoms. The van der Waals surface area contributed by atoms with Gasteiger partial charge >= 0.3 is 0 Å². The Hall–Kier alpha value is -5.24. The van der Waals surface area contributed by atoms with E-state index >= 15 is 0 Å². The summed E-state index contributed by atoms with van der Waals surface area (Å²) in [6.07, 6.45) is 12.0. The molecule has 2 amide bonds. The highest BCUT2D eigenvalue weighted by molar-refractivity contribution is 6.55. The van der Waals surface area contributed by atoms with Gasteiger partial charge in [0.25, 0.3) is 11.8 Å². The molecule has 2 aromatic carbocycles. The fourth-order valence-electron chi connectivity index (χ4n) is 5.43. The number of rotatable bonds is 7. The Labute approximate surface area is 224 Å². The zero-order valence-corrected chi connectivity index (χ0v) is 21.0. The van der Waals surface area contributed by atoms with Crippen LogP contribution in [-0.4, -0.2) is 35.5 Å². The quantitative estimate of drug-likeness (QED) is 0.275. The van der Waals surface area contributed by atoms with Crippen molar-refractivity contribution < 1.29 is 9.59 Å². The lowest BCUT2D eigenvalue weighted by Gasteiger charge is -2.15. The Morgan fingerprint density at radius 1 is 0.744 bits per heavy atom. The van der Waals surface area contributed by atoms with Gasteiger partial charge in [0.2, 0.25) is 0 Å². The summed E-state index contributed by atoms with van der Waals surface area (Å²) >= 11 is 0. The third-order valence-corrected chi connectivity index (χ3v) is 7.20. The normalized spacial score (nSPS) is 13.9. The first-order valence-electron chi connectivity index (χ1n) is 12.9. The number of para-hydroxylation sites is 2. The van der Waals surface area contributed by atoms with Crippen molar-refractivity contribution in [3.05, 3.63) is 116 Å². The summed E-state index contributed by atoms with van der Waals surface area (Å²) in [6.45, 7) is 1.58. The van der Waals surface area contributed by atoms with Crippen LogP contribution in [0.15, 0.2) is 110 Å². The molecule has 190 valence electrons. The van der Waals surface area contributed by atoms with Crippen LogP contribution in [0, 0.1) is 0 Å². The van der Waals surface area contributed by atoms with E-state index in [1.807, 2.05) is 79.5 Å². The number of fused-ring (bicyclic) bond motifs is 2. The molecular weight excluding hydrogens is 488 g/mol. The lowest BCUT2D eigenvalue weighted by molar-refractivity contribution is -0.119. The molecule has 0 radical (unpaired) electrons. The van der Waals surface area contributed by atoms with E-state index in [0.29, 0.717) is 17.0 Å². The first-order valence-corrected chi connectivity index (χ1v) is 12.9. The second kappa shape index (κ2) is 9.25. The zero-order valence-electron chi connectivity index (χ0n) is 21.0. The molecule has 0 aliphatic carbocycles.